The van der Waals surface area contributed by atoms with Gasteiger partial charge in [0.15, 0.2) is 6.10 Å². The van der Waals surface area contributed by atoms with Crippen molar-refractivity contribution in [3.05, 3.63) is 18.1 Å². The Bertz CT molecular complexity index is 1060. The van der Waals surface area contributed by atoms with Crippen molar-refractivity contribution in [3.8, 4) is 0 Å². The fourth-order valence-corrected chi connectivity index (χ4v) is 6.66. The molecule has 1 aromatic rings. The number of anilines is 1. The van der Waals surface area contributed by atoms with Gasteiger partial charge in [0.1, 0.15) is 5.82 Å². The second-order valence-corrected chi connectivity index (χ2v) is 10.8. The molecule has 39 heavy (non-hydrogen) atoms. The number of halogens is 6. The van der Waals surface area contributed by atoms with Crippen LogP contribution in [0.5, 0.6) is 0 Å². The Kier molecular flexibility index (Phi) is 7.48. The van der Waals surface area contributed by atoms with Crippen molar-refractivity contribution in [2.24, 2.45) is 5.41 Å². The minimum Gasteiger partial charge on any atom is -0.383 e. The molecule has 1 aromatic heterocycles. The Hall–Kier alpha value is -2.23. The fraction of sp³-hybridized carbons (Fsp3) is 0.792. The number of likely N-dealkylation sites (tertiary alicyclic amines) is 1. The van der Waals surface area contributed by atoms with Gasteiger partial charge in [-0.25, -0.2) is 9.97 Å². The lowest BCUT2D eigenvalue weighted by molar-refractivity contribution is -0.240. The molecule has 4 fully saturated rings. The monoisotopic (exact) mass is 567 g/mol. The predicted octanol–water partition coefficient (Wildman–Crippen LogP) is 2.14. The number of methoxy groups -OCH3 is 1. The van der Waals surface area contributed by atoms with Crippen LogP contribution < -0.4 is 10.2 Å². The van der Waals surface area contributed by atoms with Crippen LogP contribution in [0, 0.1) is 5.41 Å². The summed E-state index contributed by atoms with van der Waals surface area (Å²) in [5.74, 6) is -2.00. The van der Waals surface area contributed by atoms with Crippen LogP contribution in [0.4, 0.5) is 32.2 Å². The molecule has 0 aromatic carbocycles. The number of aliphatic hydroxyl groups is 1. The van der Waals surface area contributed by atoms with Gasteiger partial charge in [0, 0.05) is 45.1 Å². The average molecular weight is 568 g/mol. The van der Waals surface area contributed by atoms with E-state index in [1.54, 1.807) is 4.90 Å². The molecule has 4 aliphatic rings. The predicted molar refractivity (Wildman–Crippen MR) is 124 cm³/mol. The third kappa shape index (κ3) is 5.30. The maximum absolute atomic E-state index is 13.9. The van der Waals surface area contributed by atoms with E-state index in [1.165, 1.54) is 18.1 Å². The lowest BCUT2D eigenvalue weighted by Crippen LogP contribution is -2.59. The number of aliphatic hydroxyl groups excluding tert-OH is 1. The number of nitrogens with zero attached hydrogens (tertiary/aromatic N) is 4. The molecule has 1 unspecified atom stereocenters. The van der Waals surface area contributed by atoms with Crippen molar-refractivity contribution in [2.75, 3.05) is 38.3 Å². The second kappa shape index (κ2) is 10.3. The summed E-state index contributed by atoms with van der Waals surface area (Å²) in [5.41, 5.74) is -2.06. The van der Waals surface area contributed by atoms with Gasteiger partial charge in [-0.15, -0.1) is 0 Å². The Labute approximate surface area is 220 Å². The topological polar surface area (TPSA) is 100 Å². The highest BCUT2D eigenvalue weighted by Gasteiger charge is 2.62. The third-order valence-corrected chi connectivity index (χ3v) is 8.56. The first-order chi connectivity index (χ1) is 18.3. The van der Waals surface area contributed by atoms with Gasteiger partial charge in [0.25, 0.3) is 0 Å². The van der Waals surface area contributed by atoms with Gasteiger partial charge in [-0.1, -0.05) is 0 Å². The number of hydrogen-bond acceptors (Lipinski definition) is 8. The molecule has 15 heteroatoms. The zero-order valence-corrected chi connectivity index (χ0v) is 21.2. The molecule has 7 atom stereocenters. The summed E-state index contributed by atoms with van der Waals surface area (Å²) in [6, 6.07) is -0.175. The first kappa shape index (κ1) is 28.3. The van der Waals surface area contributed by atoms with Gasteiger partial charge in [-0.3, -0.25) is 4.79 Å². The third-order valence-electron chi connectivity index (χ3n) is 8.56. The molecule has 0 radical (unpaired) electrons. The van der Waals surface area contributed by atoms with Crippen LogP contribution in [-0.4, -0.2) is 102 Å². The lowest BCUT2D eigenvalue weighted by atomic mass is 9.77. The second-order valence-electron chi connectivity index (χ2n) is 10.8. The van der Waals surface area contributed by atoms with Crippen molar-refractivity contribution >= 4 is 11.7 Å². The van der Waals surface area contributed by atoms with E-state index in [4.69, 9.17) is 9.47 Å². The summed E-state index contributed by atoms with van der Waals surface area (Å²) in [6.45, 7) is 0.983. The van der Waals surface area contributed by atoms with Crippen molar-refractivity contribution < 1.29 is 45.7 Å². The molecule has 1 saturated carbocycles. The van der Waals surface area contributed by atoms with Gasteiger partial charge in [-0.05, 0) is 38.2 Å². The number of piperazine rings is 1. The number of carbonyl (C=O) groups excluding carboxylic acids is 1. The number of aromatic nitrogens is 2. The first-order valence-corrected chi connectivity index (χ1v) is 12.9. The number of rotatable bonds is 6. The van der Waals surface area contributed by atoms with E-state index >= 15 is 0 Å². The van der Waals surface area contributed by atoms with Crippen LogP contribution in [0.1, 0.15) is 37.9 Å². The molecule has 2 bridgehead atoms. The van der Waals surface area contributed by atoms with Gasteiger partial charge < -0.3 is 29.7 Å². The zero-order valence-electron chi connectivity index (χ0n) is 21.2. The van der Waals surface area contributed by atoms with Gasteiger partial charge in [-0.2, -0.15) is 26.3 Å². The summed E-state index contributed by atoms with van der Waals surface area (Å²) in [4.78, 5) is 23.7. The normalized spacial score (nSPS) is 34.1. The van der Waals surface area contributed by atoms with Gasteiger partial charge in [0.2, 0.25) is 11.7 Å². The number of nitrogens with one attached hydrogen (secondary N) is 1. The Balaban J connectivity index is 1.32. The smallest absolute Gasteiger partial charge is 0.383 e. The van der Waals surface area contributed by atoms with E-state index < -0.39 is 53.7 Å². The van der Waals surface area contributed by atoms with E-state index in [0.717, 1.165) is 6.20 Å². The molecular weight excluding hydrogens is 536 g/mol. The Morgan fingerprint density at radius 2 is 2.00 bits per heavy atom. The molecule has 3 aliphatic heterocycles. The van der Waals surface area contributed by atoms with Crippen LogP contribution in [0.3, 0.4) is 0 Å². The summed E-state index contributed by atoms with van der Waals surface area (Å²) in [5, 5.41) is 13.9. The van der Waals surface area contributed by atoms with Crippen molar-refractivity contribution in [2.45, 2.75) is 80.8 Å². The highest BCUT2D eigenvalue weighted by molar-refractivity contribution is 5.85. The summed E-state index contributed by atoms with van der Waals surface area (Å²) < 4.78 is 91.8. The standard InChI is InChI=1S/C24H31F6N5O4/c1-38-17-12-39-7-4-16(17)32-13-2-5-22(9-13,19(36)23(25,26)27)21(37)35-11-14-8-15(35)10-34(14)18-3-6-31-20(33-18)24(28,29)30/h3,6,13-17,19,32,36H,2,4-5,7-12H2,1H3/t13-,14+,15+,16+,17-,19?,22+/m1/s1. The van der Waals surface area contributed by atoms with E-state index in [1.807, 2.05) is 0 Å². The molecular formula is C24H31F6N5O4. The highest BCUT2D eigenvalue weighted by Crippen LogP contribution is 2.50. The van der Waals surface area contributed by atoms with Gasteiger partial charge >= 0.3 is 12.4 Å². The highest BCUT2D eigenvalue weighted by atomic mass is 19.4. The lowest BCUT2D eigenvalue weighted by Gasteiger charge is -2.42. The number of alkyl halides is 6. The van der Waals surface area contributed by atoms with E-state index in [-0.39, 0.29) is 50.3 Å². The molecule has 9 nitrogen and oxygen atoms in total. The summed E-state index contributed by atoms with van der Waals surface area (Å²) >= 11 is 0. The average Bonchev–Trinajstić information content (AvgIpc) is 3.62. The molecule has 3 saturated heterocycles. The molecule has 0 spiro atoms. The quantitative estimate of drug-likeness (QED) is 0.505. The Morgan fingerprint density at radius 1 is 1.23 bits per heavy atom. The molecule has 4 heterocycles. The van der Waals surface area contributed by atoms with E-state index in [0.29, 0.717) is 26.1 Å². The maximum atomic E-state index is 13.9. The minimum atomic E-state index is -5.00. The largest absolute Gasteiger partial charge is 0.451 e. The molecule has 218 valence electrons. The number of ether oxygens (including phenoxy) is 2. The summed E-state index contributed by atoms with van der Waals surface area (Å²) in [6.07, 6.45) is -10.9. The van der Waals surface area contributed by atoms with Crippen LogP contribution in [0.15, 0.2) is 12.3 Å². The van der Waals surface area contributed by atoms with Gasteiger partial charge in [0.05, 0.1) is 30.2 Å². The SMILES string of the molecule is CO[C@@H]1COCC[C@@H]1N[C@@H]1CC[C@@](C(=O)N2C[C@@H]3C[C@H]2CN3c2ccnc(C(F)(F)F)n2)(C(O)C(F)(F)F)C1. The van der Waals surface area contributed by atoms with Crippen molar-refractivity contribution in [3.63, 3.8) is 0 Å². The minimum absolute atomic E-state index is 0.0327. The van der Waals surface area contributed by atoms with Crippen LogP contribution in [0.25, 0.3) is 0 Å². The zero-order chi connectivity index (χ0) is 28.2. The van der Waals surface area contributed by atoms with E-state index in [9.17, 15) is 36.2 Å². The fourth-order valence-electron chi connectivity index (χ4n) is 6.66. The molecule has 1 amide bonds. The number of carbonyl (C=O) groups is 1. The number of amides is 1. The molecule has 5 rings (SSSR count). The maximum Gasteiger partial charge on any atom is 0.451 e. The van der Waals surface area contributed by atoms with Crippen molar-refractivity contribution in [1.29, 1.82) is 0 Å². The Morgan fingerprint density at radius 3 is 2.64 bits per heavy atom. The summed E-state index contributed by atoms with van der Waals surface area (Å²) in [7, 11) is 1.53. The van der Waals surface area contributed by atoms with Crippen LogP contribution >= 0.6 is 0 Å². The number of hydrogen-bond donors (Lipinski definition) is 2. The molecule has 1 aliphatic carbocycles. The van der Waals surface area contributed by atoms with Crippen LogP contribution in [-0.2, 0) is 20.4 Å². The van der Waals surface area contributed by atoms with Crippen LogP contribution in [0.2, 0.25) is 0 Å². The van der Waals surface area contributed by atoms with E-state index in [2.05, 4.69) is 15.3 Å². The first-order valence-electron chi connectivity index (χ1n) is 12.9. The van der Waals surface area contributed by atoms with Crippen molar-refractivity contribution in [1.82, 2.24) is 20.2 Å². The molecule has 2 N–H and O–H groups in total. The number of fused-ring (bicyclic) bond motifs is 2.